The normalized spacial score (nSPS) is 10.6. The monoisotopic (exact) mass is 222 g/mol. The van der Waals surface area contributed by atoms with Gasteiger partial charge in [0.2, 0.25) is 5.95 Å². The maximum atomic E-state index is 5.57. The van der Waals surface area contributed by atoms with Gasteiger partial charge in [0.25, 0.3) is 0 Å². The van der Waals surface area contributed by atoms with Gasteiger partial charge >= 0.3 is 0 Å². The predicted molar refractivity (Wildman–Crippen MR) is 67.2 cm³/mol. The molecule has 0 unspecified atom stereocenters. The molecule has 1 aromatic carbocycles. The van der Waals surface area contributed by atoms with E-state index >= 15 is 0 Å². The van der Waals surface area contributed by atoms with Gasteiger partial charge in [0.15, 0.2) is 0 Å². The van der Waals surface area contributed by atoms with Crippen molar-refractivity contribution in [2.45, 2.75) is 0 Å². The Labute approximate surface area is 98.2 Å². The van der Waals surface area contributed by atoms with Crippen molar-refractivity contribution in [2.75, 3.05) is 5.73 Å². The summed E-state index contributed by atoms with van der Waals surface area (Å²) < 4.78 is 0. The number of fused-ring (bicyclic) bond motifs is 1. The van der Waals surface area contributed by atoms with Gasteiger partial charge in [0, 0.05) is 23.3 Å². The summed E-state index contributed by atoms with van der Waals surface area (Å²) in [5, 5.41) is 1.11. The molecule has 2 aromatic heterocycles. The lowest BCUT2D eigenvalue weighted by molar-refractivity contribution is 1.19. The number of hydrogen-bond acceptors (Lipinski definition) is 4. The Balaban J connectivity index is 2.18. The fourth-order valence-corrected chi connectivity index (χ4v) is 1.76. The van der Waals surface area contributed by atoms with Gasteiger partial charge in [-0.25, -0.2) is 9.97 Å². The van der Waals surface area contributed by atoms with E-state index in [1.807, 2.05) is 36.4 Å². The summed E-state index contributed by atoms with van der Waals surface area (Å²) >= 11 is 0. The van der Waals surface area contributed by atoms with Crippen molar-refractivity contribution < 1.29 is 0 Å². The van der Waals surface area contributed by atoms with Crippen LogP contribution >= 0.6 is 0 Å². The van der Waals surface area contributed by atoms with Crippen molar-refractivity contribution in [3.63, 3.8) is 0 Å². The lowest BCUT2D eigenvalue weighted by Gasteiger charge is -2.02. The highest BCUT2D eigenvalue weighted by Gasteiger charge is 2.02. The minimum absolute atomic E-state index is 0.281. The number of aromatic nitrogens is 3. The number of benzene rings is 1. The molecule has 2 heterocycles. The Kier molecular flexibility index (Phi) is 2.19. The summed E-state index contributed by atoms with van der Waals surface area (Å²) in [5.41, 5.74) is 8.32. The first kappa shape index (κ1) is 9.72. The van der Waals surface area contributed by atoms with Crippen LogP contribution < -0.4 is 5.73 Å². The summed E-state index contributed by atoms with van der Waals surface area (Å²) in [5.74, 6) is 0.281. The third-order valence-electron chi connectivity index (χ3n) is 2.58. The lowest BCUT2D eigenvalue weighted by Crippen LogP contribution is -1.95. The Morgan fingerprint density at radius 3 is 2.76 bits per heavy atom. The first-order valence-electron chi connectivity index (χ1n) is 5.26. The second-order valence-corrected chi connectivity index (χ2v) is 3.71. The summed E-state index contributed by atoms with van der Waals surface area (Å²) in [4.78, 5) is 12.4. The maximum Gasteiger partial charge on any atom is 0.220 e. The molecule has 0 bridgehead atoms. The molecule has 0 saturated heterocycles. The zero-order valence-electron chi connectivity index (χ0n) is 9.04. The van der Waals surface area contributed by atoms with Crippen LogP contribution in [0, 0.1) is 0 Å². The molecule has 0 aliphatic carbocycles. The first-order valence-corrected chi connectivity index (χ1v) is 5.26. The molecule has 0 radical (unpaired) electrons. The number of pyridine rings is 1. The summed E-state index contributed by atoms with van der Waals surface area (Å²) in [6, 6.07) is 11.8. The van der Waals surface area contributed by atoms with Crippen molar-refractivity contribution in [1.82, 2.24) is 15.0 Å². The average molecular weight is 222 g/mol. The molecule has 2 N–H and O–H groups in total. The smallest absolute Gasteiger partial charge is 0.220 e. The van der Waals surface area contributed by atoms with Crippen molar-refractivity contribution in [3.8, 4) is 11.3 Å². The number of nitrogens with zero attached hydrogens (tertiary/aromatic N) is 3. The van der Waals surface area contributed by atoms with Gasteiger partial charge in [-0.15, -0.1) is 0 Å². The highest BCUT2D eigenvalue weighted by Crippen LogP contribution is 2.21. The summed E-state index contributed by atoms with van der Waals surface area (Å²) in [6.45, 7) is 0. The zero-order valence-corrected chi connectivity index (χ0v) is 9.04. The van der Waals surface area contributed by atoms with Gasteiger partial charge in [-0.3, -0.25) is 4.98 Å². The standard InChI is InChI=1S/C13H10N4/c14-13-16-7-5-11(17-13)10-4-3-9-2-1-6-15-12(9)8-10/h1-8H,(H2,14,16,17). The van der Waals surface area contributed by atoms with Crippen molar-refractivity contribution in [1.29, 1.82) is 0 Å². The van der Waals surface area contributed by atoms with E-state index in [1.54, 1.807) is 12.4 Å². The number of rotatable bonds is 1. The van der Waals surface area contributed by atoms with Crippen LogP contribution in [-0.4, -0.2) is 15.0 Å². The van der Waals surface area contributed by atoms with Gasteiger partial charge in [-0.2, -0.15) is 0 Å². The average Bonchev–Trinajstić information content (AvgIpc) is 2.38. The van der Waals surface area contributed by atoms with Crippen LogP contribution in [0.15, 0.2) is 48.8 Å². The van der Waals surface area contributed by atoms with Gasteiger partial charge in [0.05, 0.1) is 11.2 Å². The molecule has 0 atom stereocenters. The molecule has 4 nitrogen and oxygen atoms in total. The fraction of sp³-hybridized carbons (Fsp3) is 0. The highest BCUT2D eigenvalue weighted by atomic mass is 15.0. The second kappa shape index (κ2) is 3.83. The molecule has 0 spiro atoms. The molecular weight excluding hydrogens is 212 g/mol. The van der Waals surface area contributed by atoms with Gasteiger partial charge in [0.1, 0.15) is 0 Å². The molecule has 0 fully saturated rings. The van der Waals surface area contributed by atoms with Crippen LogP contribution in [0.4, 0.5) is 5.95 Å². The Morgan fingerprint density at radius 1 is 0.941 bits per heavy atom. The van der Waals surface area contributed by atoms with Gasteiger partial charge < -0.3 is 5.73 Å². The molecule has 4 heteroatoms. The van der Waals surface area contributed by atoms with E-state index in [4.69, 9.17) is 5.73 Å². The molecule has 3 aromatic rings. The van der Waals surface area contributed by atoms with Crippen LogP contribution in [0.3, 0.4) is 0 Å². The number of hydrogen-bond donors (Lipinski definition) is 1. The molecule has 17 heavy (non-hydrogen) atoms. The quantitative estimate of drug-likeness (QED) is 0.686. The number of nitrogens with two attached hydrogens (primary N) is 1. The largest absolute Gasteiger partial charge is 0.368 e. The molecule has 0 amide bonds. The molecule has 0 aliphatic rings. The maximum absolute atomic E-state index is 5.57. The Morgan fingerprint density at radius 2 is 1.88 bits per heavy atom. The lowest BCUT2D eigenvalue weighted by atomic mass is 10.1. The summed E-state index contributed by atoms with van der Waals surface area (Å²) in [7, 11) is 0. The van der Waals surface area contributed by atoms with E-state index in [-0.39, 0.29) is 5.95 Å². The van der Waals surface area contributed by atoms with Crippen LogP contribution in [0.5, 0.6) is 0 Å². The van der Waals surface area contributed by atoms with Gasteiger partial charge in [-0.05, 0) is 18.2 Å². The summed E-state index contributed by atoms with van der Waals surface area (Å²) in [6.07, 6.45) is 3.43. The Bertz CT molecular complexity index is 679. The molecule has 3 rings (SSSR count). The highest BCUT2D eigenvalue weighted by molar-refractivity contribution is 5.83. The predicted octanol–water partition coefficient (Wildman–Crippen LogP) is 2.27. The third-order valence-corrected chi connectivity index (χ3v) is 2.58. The SMILES string of the molecule is Nc1nccc(-c2ccc3cccnc3c2)n1. The van der Waals surface area contributed by atoms with Gasteiger partial charge in [-0.1, -0.05) is 18.2 Å². The van der Waals surface area contributed by atoms with E-state index in [9.17, 15) is 0 Å². The van der Waals surface area contributed by atoms with E-state index in [2.05, 4.69) is 15.0 Å². The van der Waals surface area contributed by atoms with Crippen LogP contribution in [-0.2, 0) is 0 Å². The van der Waals surface area contributed by atoms with Crippen molar-refractivity contribution >= 4 is 16.9 Å². The van der Waals surface area contributed by atoms with Crippen LogP contribution in [0.25, 0.3) is 22.2 Å². The van der Waals surface area contributed by atoms with E-state index in [1.165, 1.54) is 0 Å². The first-order chi connectivity index (χ1) is 8.33. The molecule has 0 saturated carbocycles. The molecule has 0 aliphatic heterocycles. The fourth-order valence-electron chi connectivity index (χ4n) is 1.76. The number of nitrogen functional groups attached to an aromatic ring is 1. The van der Waals surface area contributed by atoms with Crippen LogP contribution in [0.1, 0.15) is 0 Å². The zero-order chi connectivity index (χ0) is 11.7. The van der Waals surface area contributed by atoms with E-state index in [0.717, 1.165) is 22.2 Å². The minimum atomic E-state index is 0.281. The molecule has 82 valence electrons. The second-order valence-electron chi connectivity index (χ2n) is 3.71. The third kappa shape index (κ3) is 1.80. The van der Waals surface area contributed by atoms with Crippen LogP contribution in [0.2, 0.25) is 0 Å². The Hall–Kier alpha value is -2.49. The van der Waals surface area contributed by atoms with E-state index in [0.29, 0.717) is 0 Å². The number of anilines is 1. The van der Waals surface area contributed by atoms with Crippen molar-refractivity contribution in [2.24, 2.45) is 0 Å². The van der Waals surface area contributed by atoms with E-state index < -0.39 is 0 Å². The molecular formula is C13H10N4. The minimum Gasteiger partial charge on any atom is -0.368 e. The topological polar surface area (TPSA) is 64.7 Å². The van der Waals surface area contributed by atoms with Crippen molar-refractivity contribution in [3.05, 3.63) is 48.8 Å².